The molecule has 0 bridgehead atoms. The van der Waals surface area contributed by atoms with Gasteiger partial charge in [0.05, 0.1) is 6.61 Å². The van der Waals surface area contributed by atoms with Crippen molar-refractivity contribution in [2.24, 2.45) is 0 Å². The standard InChI is InChI=1S/C4H10N2O2/c1-2-8-4(7)3-6-5/h6H,2-3,5H2,1H3/p+1. The van der Waals surface area contributed by atoms with Crippen LogP contribution in [0.25, 0.3) is 0 Å². The number of hydrogen-bond acceptors (Lipinski definition) is 3. The second-order valence-corrected chi connectivity index (χ2v) is 1.23. The van der Waals surface area contributed by atoms with E-state index in [1.807, 2.05) is 0 Å². The molecule has 0 saturated heterocycles. The first-order valence-electron chi connectivity index (χ1n) is 2.46. The highest BCUT2D eigenvalue weighted by Gasteiger charge is 1.96. The third kappa shape index (κ3) is 3.58. The SMILES string of the molecule is CCOC(=O)CN[NH3+]. The normalized spacial score (nSPS) is 8.75. The van der Waals surface area contributed by atoms with Gasteiger partial charge in [0.1, 0.15) is 6.54 Å². The third-order valence-electron chi connectivity index (χ3n) is 0.575. The maximum absolute atomic E-state index is 10.3. The molecule has 4 heteroatoms. The van der Waals surface area contributed by atoms with Gasteiger partial charge in [-0.3, -0.25) is 10.6 Å². The predicted octanol–water partition coefficient (Wildman–Crippen LogP) is -1.70. The maximum atomic E-state index is 10.3. The molecule has 0 aromatic rings. The van der Waals surface area contributed by atoms with E-state index >= 15 is 0 Å². The molecule has 0 amide bonds. The summed E-state index contributed by atoms with van der Waals surface area (Å²) in [5.41, 5.74) is 2.43. The van der Waals surface area contributed by atoms with Gasteiger partial charge in [0.25, 0.3) is 0 Å². The summed E-state index contributed by atoms with van der Waals surface area (Å²) in [5.74, 6) is 3.00. The van der Waals surface area contributed by atoms with Gasteiger partial charge >= 0.3 is 5.97 Å². The Hall–Kier alpha value is -0.610. The smallest absolute Gasteiger partial charge is 0.325 e. The van der Waals surface area contributed by atoms with Gasteiger partial charge in [-0.05, 0) is 6.92 Å². The molecular weight excluding hydrogens is 108 g/mol. The summed E-state index contributed by atoms with van der Waals surface area (Å²) in [5, 5.41) is 0. The Morgan fingerprint density at radius 2 is 2.50 bits per heavy atom. The van der Waals surface area contributed by atoms with Crippen LogP contribution in [0.5, 0.6) is 0 Å². The van der Waals surface area contributed by atoms with E-state index in [2.05, 4.69) is 16.0 Å². The maximum Gasteiger partial charge on any atom is 0.325 e. The summed E-state index contributed by atoms with van der Waals surface area (Å²) >= 11 is 0. The molecular formula is C4H11N2O2+. The Bertz CT molecular complexity index is 66.4. The van der Waals surface area contributed by atoms with Crippen molar-refractivity contribution in [1.29, 1.82) is 0 Å². The monoisotopic (exact) mass is 119 g/mol. The lowest BCUT2D eigenvalue weighted by atomic mass is 10.7. The molecule has 48 valence electrons. The zero-order valence-corrected chi connectivity index (χ0v) is 4.94. The highest BCUT2D eigenvalue weighted by molar-refractivity contribution is 5.71. The lowest BCUT2D eigenvalue weighted by Gasteiger charge is -1.96. The van der Waals surface area contributed by atoms with Crippen molar-refractivity contribution in [1.82, 2.24) is 5.43 Å². The third-order valence-corrected chi connectivity index (χ3v) is 0.575. The van der Waals surface area contributed by atoms with Crippen molar-refractivity contribution >= 4 is 5.97 Å². The van der Waals surface area contributed by atoms with Crippen molar-refractivity contribution in [2.45, 2.75) is 6.92 Å². The van der Waals surface area contributed by atoms with Crippen molar-refractivity contribution in [3.63, 3.8) is 0 Å². The Labute approximate surface area is 48.0 Å². The van der Waals surface area contributed by atoms with E-state index in [0.717, 1.165) is 0 Å². The molecule has 4 N–H and O–H groups in total. The number of ether oxygens (including phenoxy) is 1. The molecule has 0 aliphatic carbocycles. The molecule has 0 heterocycles. The fraction of sp³-hybridized carbons (Fsp3) is 0.750. The number of carbonyl (C=O) groups excluding carboxylic acids is 1. The minimum absolute atomic E-state index is 0.188. The second-order valence-electron chi connectivity index (χ2n) is 1.23. The first-order valence-corrected chi connectivity index (χ1v) is 2.46. The first kappa shape index (κ1) is 7.39. The van der Waals surface area contributed by atoms with Crippen LogP contribution in [-0.2, 0) is 9.53 Å². The van der Waals surface area contributed by atoms with Crippen LogP contribution in [0, 0.1) is 0 Å². The largest absolute Gasteiger partial charge is 0.465 e. The Kier molecular flexibility index (Phi) is 4.20. The molecule has 0 spiro atoms. The zero-order valence-electron chi connectivity index (χ0n) is 4.94. The van der Waals surface area contributed by atoms with Crippen LogP contribution in [0.15, 0.2) is 0 Å². The van der Waals surface area contributed by atoms with Gasteiger partial charge in [-0.25, -0.2) is 0 Å². The van der Waals surface area contributed by atoms with Gasteiger partial charge in [0.2, 0.25) is 0 Å². The number of hydrogen-bond donors (Lipinski definition) is 2. The molecule has 0 saturated carbocycles. The topological polar surface area (TPSA) is 66.0 Å². The second kappa shape index (κ2) is 4.55. The molecule has 0 atom stereocenters. The van der Waals surface area contributed by atoms with E-state index in [-0.39, 0.29) is 12.5 Å². The van der Waals surface area contributed by atoms with E-state index in [4.69, 9.17) is 0 Å². The first-order chi connectivity index (χ1) is 3.81. The molecule has 0 aliphatic rings. The minimum Gasteiger partial charge on any atom is -0.465 e. The van der Waals surface area contributed by atoms with Gasteiger partial charge in [-0.2, -0.15) is 5.43 Å². The predicted molar refractivity (Wildman–Crippen MR) is 27.5 cm³/mol. The molecule has 0 aromatic carbocycles. The van der Waals surface area contributed by atoms with Gasteiger partial charge in [-0.1, -0.05) is 0 Å². The number of rotatable bonds is 3. The van der Waals surface area contributed by atoms with Gasteiger partial charge in [0.15, 0.2) is 0 Å². The molecule has 8 heavy (non-hydrogen) atoms. The lowest BCUT2D eigenvalue weighted by Crippen LogP contribution is -2.66. The van der Waals surface area contributed by atoms with Gasteiger partial charge in [0, 0.05) is 0 Å². The van der Waals surface area contributed by atoms with Crippen LogP contribution in [0.1, 0.15) is 6.92 Å². The Balaban J connectivity index is 3.06. The molecule has 0 unspecified atom stereocenters. The fourth-order valence-electron chi connectivity index (χ4n) is 0.314. The van der Waals surface area contributed by atoms with Crippen molar-refractivity contribution in [3.05, 3.63) is 0 Å². The van der Waals surface area contributed by atoms with Crippen molar-refractivity contribution in [2.75, 3.05) is 13.2 Å². The summed E-state index contributed by atoms with van der Waals surface area (Å²) in [4.78, 5) is 10.3. The molecule has 0 rings (SSSR count). The fourth-order valence-corrected chi connectivity index (χ4v) is 0.314. The number of nitrogens with one attached hydrogen (secondary N) is 1. The van der Waals surface area contributed by atoms with Crippen LogP contribution < -0.4 is 11.3 Å². The molecule has 4 nitrogen and oxygen atoms in total. The lowest BCUT2D eigenvalue weighted by molar-refractivity contribution is -0.440. The quantitative estimate of drug-likeness (QED) is 0.343. The Morgan fingerprint density at radius 1 is 1.88 bits per heavy atom. The van der Waals surface area contributed by atoms with E-state index in [9.17, 15) is 4.79 Å². The van der Waals surface area contributed by atoms with Crippen molar-refractivity contribution in [3.8, 4) is 0 Å². The van der Waals surface area contributed by atoms with Crippen LogP contribution >= 0.6 is 0 Å². The highest BCUT2D eigenvalue weighted by atomic mass is 16.5. The molecule has 0 fully saturated rings. The Morgan fingerprint density at radius 3 is 2.88 bits per heavy atom. The highest BCUT2D eigenvalue weighted by Crippen LogP contribution is 1.71. The van der Waals surface area contributed by atoms with Crippen molar-refractivity contribution < 1.29 is 15.4 Å². The number of esters is 1. The van der Waals surface area contributed by atoms with Crippen LogP contribution in [0.3, 0.4) is 0 Å². The number of quaternary nitrogens is 1. The molecule has 0 radical (unpaired) electrons. The minimum atomic E-state index is -0.262. The summed E-state index contributed by atoms with van der Waals surface area (Å²) in [6, 6.07) is 0. The molecule has 0 aromatic heterocycles. The molecule has 0 aliphatic heterocycles. The van der Waals surface area contributed by atoms with E-state index in [0.29, 0.717) is 6.61 Å². The van der Waals surface area contributed by atoms with Crippen LogP contribution in [0.2, 0.25) is 0 Å². The van der Waals surface area contributed by atoms with Crippen LogP contribution in [0.4, 0.5) is 0 Å². The average molecular weight is 119 g/mol. The van der Waals surface area contributed by atoms with Gasteiger partial charge in [-0.15, -0.1) is 0 Å². The summed E-state index contributed by atoms with van der Waals surface area (Å²) in [6.07, 6.45) is 0. The van der Waals surface area contributed by atoms with Gasteiger partial charge < -0.3 is 4.74 Å². The zero-order chi connectivity index (χ0) is 6.41. The summed E-state index contributed by atoms with van der Waals surface area (Å²) in [7, 11) is 0. The van der Waals surface area contributed by atoms with E-state index < -0.39 is 0 Å². The summed E-state index contributed by atoms with van der Waals surface area (Å²) < 4.78 is 4.54. The van der Waals surface area contributed by atoms with Crippen LogP contribution in [-0.4, -0.2) is 19.1 Å². The number of carbonyl (C=O) groups is 1. The van der Waals surface area contributed by atoms with E-state index in [1.54, 1.807) is 6.92 Å². The average Bonchev–Trinajstić information content (AvgIpc) is 1.68. The summed E-state index contributed by atoms with van der Waals surface area (Å²) in [6.45, 7) is 2.38. The van der Waals surface area contributed by atoms with E-state index in [1.165, 1.54) is 0 Å².